The van der Waals surface area contributed by atoms with Gasteiger partial charge in [-0.05, 0) is 12.0 Å². The highest BCUT2D eigenvalue weighted by Gasteiger charge is 2.08. The van der Waals surface area contributed by atoms with Gasteiger partial charge in [0.05, 0.1) is 24.9 Å². The Bertz CT molecular complexity index is 304. The van der Waals surface area contributed by atoms with Crippen molar-refractivity contribution in [2.45, 2.75) is 19.9 Å². The van der Waals surface area contributed by atoms with Crippen LogP contribution in [0.25, 0.3) is 0 Å². The van der Waals surface area contributed by atoms with Crippen molar-refractivity contribution in [3.63, 3.8) is 0 Å². The molecule has 1 unspecified atom stereocenters. The van der Waals surface area contributed by atoms with Gasteiger partial charge in [0, 0.05) is 6.20 Å². The van der Waals surface area contributed by atoms with Crippen LogP contribution in [0.15, 0.2) is 12.3 Å². The van der Waals surface area contributed by atoms with Gasteiger partial charge < -0.3 is 15.6 Å². The van der Waals surface area contributed by atoms with Crippen LogP contribution < -0.4 is 10.5 Å². The Kier molecular flexibility index (Phi) is 4.45. The molecule has 1 aromatic heterocycles. The van der Waals surface area contributed by atoms with E-state index in [1.54, 1.807) is 12.3 Å². The first-order chi connectivity index (χ1) is 7.13. The van der Waals surface area contributed by atoms with Crippen molar-refractivity contribution in [2.24, 2.45) is 11.7 Å². The lowest BCUT2D eigenvalue weighted by Crippen LogP contribution is -2.17. The van der Waals surface area contributed by atoms with Crippen molar-refractivity contribution in [1.29, 1.82) is 0 Å². The molecule has 1 rings (SSSR count). The highest BCUT2D eigenvalue weighted by atomic mass is 16.5. The largest absolute Gasteiger partial charge is 0.463 e. The van der Waals surface area contributed by atoms with Gasteiger partial charge in [0.2, 0.25) is 0 Å². The Morgan fingerprint density at radius 1 is 1.53 bits per heavy atom. The van der Waals surface area contributed by atoms with Gasteiger partial charge in [0.15, 0.2) is 0 Å². The van der Waals surface area contributed by atoms with E-state index in [1.807, 2.05) is 13.8 Å². The third kappa shape index (κ3) is 3.81. The van der Waals surface area contributed by atoms with Gasteiger partial charge in [-0.3, -0.25) is 0 Å². The SMILES string of the molecule is CC(C)COc1nccc(C(N)CO)n1. The Morgan fingerprint density at radius 3 is 2.87 bits per heavy atom. The zero-order chi connectivity index (χ0) is 11.3. The molecule has 0 fully saturated rings. The number of hydrogen-bond donors (Lipinski definition) is 2. The van der Waals surface area contributed by atoms with Gasteiger partial charge in [-0.1, -0.05) is 13.8 Å². The second-order valence-electron chi connectivity index (χ2n) is 3.76. The molecule has 3 N–H and O–H groups in total. The summed E-state index contributed by atoms with van der Waals surface area (Å²) in [5, 5.41) is 8.87. The van der Waals surface area contributed by atoms with Crippen LogP contribution in [0.2, 0.25) is 0 Å². The second-order valence-corrected chi connectivity index (χ2v) is 3.76. The molecule has 0 spiro atoms. The molecular weight excluding hydrogens is 194 g/mol. The zero-order valence-electron chi connectivity index (χ0n) is 9.05. The van der Waals surface area contributed by atoms with Crippen LogP contribution in [0.5, 0.6) is 6.01 Å². The van der Waals surface area contributed by atoms with Crippen LogP contribution in [0.3, 0.4) is 0 Å². The summed E-state index contributed by atoms with van der Waals surface area (Å²) in [4.78, 5) is 8.05. The summed E-state index contributed by atoms with van der Waals surface area (Å²) in [7, 11) is 0. The van der Waals surface area contributed by atoms with E-state index in [0.717, 1.165) is 0 Å². The summed E-state index contributed by atoms with van der Waals surface area (Å²) >= 11 is 0. The minimum atomic E-state index is -0.477. The van der Waals surface area contributed by atoms with E-state index in [9.17, 15) is 0 Å². The van der Waals surface area contributed by atoms with E-state index in [0.29, 0.717) is 24.2 Å². The van der Waals surface area contributed by atoms with E-state index < -0.39 is 6.04 Å². The molecule has 1 heterocycles. The third-order valence-corrected chi connectivity index (χ3v) is 1.78. The lowest BCUT2D eigenvalue weighted by molar-refractivity contribution is 0.244. The van der Waals surface area contributed by atoms with Crippen LogP contribution in [-0.4, -0.2) is 28.3 Å². The molecule has 0 amide bonds. The number of rotatable bonds is 5. The van der Waals surface area contributed by atoms with Crippen molar-refractivity contribution < 1.29 is 9.84 Å². The first-order valence-corrected chi connectivity index (χ1v) is 4.95. The summed E-state index contributed by atoms with van der Waals surface area (Å²) in [6.45, 7) is 4.52. The molecule has 0 aromatic carbocycles. The quantitative estimate of drug-likeness (QED) is 0.741. The van der Waals surface area contributed by atoms with Crippen LogP contribution in [0.1, 0.15) is 25.6 Å². The summed E-state index contributed by atoms with van der Waals surface area (Å²) in [5.41, 5.74) is 6.21. The maximum Gasteiger partial charge on any atom is 0.316 e. The maximum absolute atomic E-state index is 8.87. The van der Waals surface area contributed by atoms with Gasteiger partial charge in [-0.2, -0.15) is 4.98 Å². The van der Waals surface area contributed by atoms with E-state index in [4.69, 9.17) is 15.6 Å². The first kappa shape index (κ1) is 11.9. The highest BCUT2D eigenvalue weighted by Crippen LogP contribution is 2.10. The molecular formula is C10H17N3O2. The monoisotopic (exact) mass is 211 g/mol. The van der Waals surface area contributed by atoms with Crippen LogP contribution in [-0.2, 0) is 0 Å². The molecule has 84 valence electrons. The normalized spacial score (nSPS) is 12.9. The predicted molar refractivity (Wildman–Crippen MR) is 56.4 cm³/mol. The maximum atomic E-state index is 8.87. The molecule has 0 saturated heterocycles. The highest BCUT2D eigenvalue weighted by molar-refractivity contribution is 5.09. The van der Waals surface area contributed by atoms with Crippen molar-refractivity contribution >= 4 is 0 Å². The minimum Gasteiger partial charge on any atom is -0.463 e. The van der Waals surface area contributed by atoms with Gasteiger partial charge in [0.1, 0.15) is 0 Å². The number of aliphatic hydroxyl groups is 1. The number of aromatic nitrogens is 2. The Morgan fingerprint density at radius 2 is 2.27 bits per heavy atom. The fraction of sp³-hybridized carbons (Fsp3) is 0.600. The van der Waals surface area contributed by atoms with E-state index >= 15 is 0 Å². The molecule has 0 aliphatic heterocycles. The number of nitrogens with zero attached hydrogens (tertiary/aromatic N) is 2. The smallest absolute Gasteiger partial charge is 0.316 e. The molecule has 0 radical (unpaired) electrons. The lowest BCUT2D eigenvalue weighted by atomic mass is 10.2. The van der Waals surface area contributed by atoms with Gasteiger partial charge in [-0.15, -0.1) is 0 Å². The Labute approximate surface area is 89.3 Å². The molecule has 5 heteroatoms. The first-order valence-electron chi connectivity index (χ1n) is 4.95. The number of ether oxygens (including phenoxy) is 1. The fourth-order valence-corrected chi connectivity index (χ4v) is 0.965. The topological polar surface area (TPSA) is 81.3 Å². The van der Waals surface area contributed by atoms with E-state index in [-0.39, 0.29) is 6.61 Å². The molecule has 15 heavy (non-hydrogen) atoms. The number of nitrogens with two attached hydrogens (primary N) is 1. The van der Waals surface area contributed by atoms with E-state index in [1.165, 1.54) is 0 Å². The minimum absolute atomic E-state index is 0.138. The molecule has 5 nitrogen and oxygen atoms in total. The number of aliphatic hydroxyl groups excluding tert-OH is 1. The average Bonchev–Trinajstić information content (AvgIpc) is 2.25. The summed E-state index contributed by atoms with van der Waals surface area (Å²) in [6, 6.07) is 1.50. The molecule has 0 aliphatic rings. The molecule has 1 aromatic rings. The Hall–Kier alpha value is -1.20. The van der Waals surface area contributed by atoms with Crippen LogP contribution in [0.4, 0.5) is 0 Å². The third-order valence-electron chi connectivity index (χ3n) is 1.78. The van der Waals surface area contributed by atoms with Crippen LogP contribution >= 0.6 is 0 Å². The zero-order valence-corrected chi connectivity index (χ0v) is 9.05. The van der Waals surface area contributed by atoms with Crippen molar-refractivity contribution in [1.82, 2.24) is 9.97 Å². The summed E-state index contributed by atoms with van der Waals surface area (Å²) in [5.74, 6) is 0.420. The van der Waals surface area contributed by atoms with Crippen LogP contribution in [0, 0.1) is 5.92 Å². The van der Waals surface area contributed by atoms with Crippen molar-refractivity contribution in [3.8, 4) is 6.01 Å². The van der Waals surface area contributed by atoms with Gasteiger partial charge >= 0.3 is 6.01 Å². The number of hydrogen-bond acceptors (Lipinski definition) is 5. The second kappa shape index (κ2) is 5.63. The van der Waals surface area contributed by atoms with Gasteiger partial charge in [-0.25, -0.2) is 4.98 Å². The lowest BCUT2D eigenvalue weighted by Gasteiger charge is -2.10. The summed E-state index contributed by atoms with van der Waals surface area (Å²) < 4.78 is 5.34. The standard InChI is InChI=1S/C10H17N3O2/c1-7(2)6-15-10-12-4-3-9(13-10)8(11)5-14/h3-4,7-8,14H,5-6,11H2,1-2H3. The van der Waals surface area contributed by atoms with E-state index in [2.05, 4.69) is 9.97 Å². The Balaban J connectivity index is 2.65. The van der Waals surface area contributed by atoms with Gasteiger partial charge in [0.25, 0.3) is 0 Å². The van der Waals surface area contributed by atoms with Crippen molar-refractivity contribution in [2.75, 3.05) is 13.2 Å². The molecule has 0 aliphatic carbocycles. The molecule has 0 saturated carbocycles. The average molecular weight is 211 g/mol. The fourth-order valence-electron chi connectivity index (χ4n) is 0.965. The predicted octanol–water partition coefficient (Wildman–Crippen LogP) is 0.504. The summed E-state index contributed by atoms with van der Waals surface area (Å²) in [6.07, 6.45) is 1.58. The molecule has 1 atom stereocenters. The molecule has 0 bridgehead atoms. The van der Waals surface area contributed by atoms with Crippen molar-refractivity contribution in [3.05, 3.63) is 18.0 Å².